The summed E-state index contributed by atoms with van der Waals surface area (Å²) < 4.78 is 10.7. The average Bonchev–Trinajstić information content (AvgIpc) is 3.08. The number of nitrogens with zero attached hydrogens (tertiary/aromatic N) is 3. The Morgan fingerprint density at radius 1 is 1.21 bits per heavy atom. The molecule has 0 atom stereocenters. The Labute approximate surface area is 112 Å². The average molecular weight is 274 g/mol. The number of aromatic nitrogens is 3. The number of hydrogen-bond acceptors (Lipinski definition) is 7. The molecule has 3 aromatic rings. The summed E-state index contributed by atoms with van der Waals surface area (Å²) in [7, 11) is 0. The quantitative estimate of drug-likeness (QED) is 0.785. The van der Waals surface area contributed by atoms with Gasteiger partial charge in [-0.25, -0.2) is 4.98 Å². The molecule has 7 heteroatoms. The SMILES string of the molecule is Nc1nnc(OCc2ccc(-c3ncco3)cc2)s1. The molecule has 0 amide bonds. The van der Waals surface area contributed by atoms with Gasteiger partial charge in [-0.2, -0.15) is 0 Å². The zero-order chi connectivity index (χ0) is 13.1. The van der Waals surface area contributed by atoms with E-state index in [2.05, 4.69) is 15.2 Å². The van der Waals surface area contributed by atoms with E-state index >= 15 is 0 Å². The highest BCUT2D eigenvalue weighted by Crippen LogP contribution is 2.21. The van der Waals surface area contributed by atoms with Crippen LogP contribution in [0.15, 0.2) is 41.1 Å². The van der Waals surface area contributed by atoms with Crippen LogP contribution in [-0.2, 0) is 6.61 Å². The number of rotatable bonds is 4. The van der Waals surface area contributed by atoms with Crippen molar-refractivity contribution >= 4 is 16.5 Å². The van der Waals surface area contributed by atoms with Gasteiger partial charge in [0.15, 0.2) is 0 Å². The van der Waals surface area contributed by atoms with Crippen LogP contribution in [0.4, 0.5) is 5.13 Å². The van der Waals surface area contributed by atoms with Crippen LogP contribution >= 0.6 is 11.3 Å². The van der Waals surface area contributed by atoms with Crippen molar-refractivity contribution in [3.63, 3.8) is 0 Å². The van der Waals surface area contributed by atoms with Crippen LogP contribution in [-0.4, -0.2) is 15.2 Å². The predicted octanol–water partition coefficient (Wildman–Crippen LogP) is 2.35. The van der Waals surface area contributed by atoms with E-state index in [0.29, 0.717) is 22.8 Å². The second kappa shape index (κ2) is 5.07. The first-order valence-corrected chi connectivity index (χ1v) is 6.33. The molecule has 3 rings (SSSR count). The summed E-state index contributed by atoms with van der Waals surface area (Å²) in [5.74, 6) is 0.601. The third-order valence-electron chi connectivity index (χ3n) is 2.42. The van der Waals surface area contributed by atoms with E-state index in [1.165, 1.54) is 11.3 Å². The van der Waals surface area contributed by atoms with E-state index in [4.69, 9.17) is 14.9 Å². The molecule has 0 spiro atoms. The first kappa shape index (κ1) is 11.7. The molecular weight excluding hydrogens is 264 g/mol. The van der Waals surface area contributed by atoms with E-state index in [9.17, 15) is 0 Å². The molecule has 1 aromatic carbocycles. The summed E-state index contributed by atoms with van der Waals surface area (Å²) in [6.07, 6.45) is 3.17. The van der Waals surface area contributed by atoms with Gasteiger partial charge >= 0.3 is 0 Å². The minimum Gasteiger partial charge on any atom is -0.464 e. The molecule has 0 radical (unpaired) electrons. The van der Waals surface area contributed by atoms with Gasteiger partial charge < -0.3 is 14.9 Å². The zero-order valence-electron chi connectivity index (χ0n) is 9.81. The zero-order valence-corrected chi connectivity index (χ0v) is 10.6. The highest BCUT2D eigenvalue weighted by Gasteiger charge is 2.04. The van der Waals surface area contributed by atoms with Gasteiger partial charge in [0.25, 0.3) is 5.19 Å². The van der Waals surface area contributed by atoms with Crippen molar-refractivity contribution in [3.8, 4) is 16.6 Å². The van der Waals surface area contributed by atoms with E-state index in [1.807, 2.05) is 24.3 Å². The lowest BCUT2D eigenvalue weighted by Crippen LogP contribution is -1.94. The van der Waals surface area contributed by atoms with Crippen LogP contribution in [0.3, 0.4) is 0 Å². The van der Waals surface area contributed by atoms with Gasteiger partial charge in [-0.15, -0.1) is 5.10 Å². The molecule has 2 N–H and O–H groups in total. The van der Waals surface area contributed by atoms with Crippen LogP contribution in [0, 0.1) is 0 Å². The molecule has 0 saturated carbocycles. The number of benzene rings is 1. The second-order valence-corrected chi connectivity index (χ2v) is 4.70. The Morgan fingerprint density at radius 2 is 2.05 bits per heavy atom. The maximum atomic E-state index is 5.47. The first-order chi connectivity index (χ1) is 9.31. The Hall–Kier alpha value is -2.41. The predicted molar refractivity (Wildman–Crippen MR) is 70.6 cm³/mol. The fraction of sp³-hybridized carbons (Fsp3) is 0.0833. The highest BCUT2D eigenvalue weighted by molar-refractivity contribution is 7.16. The van der Waals surface area contributed by atoms with Crippen LogP contribution in [0.25, 0.3) is 11.5 Å². The van der Waals surface area contributed by atoms with Crippen molar-refractivity contribution in [1.29, 1.82) is 0 Å². The lowest BCUT2D eigenvalue weighted by Gasteiger charge is -2.02. The maximum Gasteiger partial charge on any atom is 0.296 e. The summed E-state index contributed by atoms with van der Waals surface area (Å²) >= 11 is 1.22. The van der Waals surface area contributed by atoms with Crippen molar-refractivity contribution in [3.05, 3.63) is 42.3 Å². The first-order valence-electron chi connectivity index (χ1n) is 5.52. The van der Waals surface area contributed by atoms with Crippen molar-refractivity contribution < 1.29 is 9.15 Å². The lowest BCUT2D eigenvalue weighted by molar-refractivity contribution is 0.302. The third-order valence-corrected chi connectivity index (χ3v) is 3.08. The topological polar surface area (TPSA) is 87.1 Å². The van der Waals surface area contributed by atoms with Crippen molar-refractivity contribution in [2.45, 2.75) is 6.61 Å². The molecule has 0 saturated heterocycles. The normalized spacial score (nSPS) is 10.5. The maximum absolute atomic E-state index is 5.47. The molecule has 0 unspecified atom stereocenters. The number of nitrogens with two attached hydrogens (primary N) is 1. The molecule has 2 aromatic heterocycles. The number of nitrogen functional groups attached to an aromatic ring is 1. The van der Waals surface area contributed by atoms with E-state index < -0.39 is 0 Å². The molecule has 96 valence electrons. The second-order valence-electron chi connectivity index (χ2n) is 3.73. The number of oxazole rings is 1. The standard InChI is InChI=1S/C12H10N4O2S/c13-11-15-16-12(19-11)18-7-8-1-3-9(4-2-8)10-14-5-6-17-10/h1-6H,7H2,(H2,13,15). The minimum absolute atomic E-state index is 0.397. The molecule has 0 aliphatic carbocycles. The van der Waals surface area contributed by atoms with Crippen LogP contribution in [0.2, 0.25) is 0 Å². The molecule has 0 aliphatic heterocycles. The minimum atomic E-state index is 0.397. The van der Waals surface area contributed by atoms with E-state index in [0.717, 1.165) is 11.1 Å². The Kier molecular flexibility index (Phi) is 3.11. The third kappa shape index (κ3) is 2.71. The summed E-state index contributed by atoms with van der Waals surface area (Å²) in [5, 5.41) is 8.33. The van der Waals surface area contributed by atoms with Gasteiger partial charge in [0.05, 0.1) is 6.20 Å². The largest absolute Gasteiger partial charge is 0.464 e. The number of anilines is 1. The van der Waals surface area contributed by atoms with Crippen molar-refractivity contribution in [2.24, 2.45) is 0 Å². The van der Waals surface area contributed by atoms with Crippen LogP contribution < -0.4 is 10.5 Å². The fourth-order valence-electron chi connectivity index (χ4n) is 1.53. The number of ether oxygens (including phenoxy) is 1. The summed E-state index contributed by atoms with van der Waals surface area (Å²) in [6, 6.07) is 7.76. The molecule has 19 heavy (non-hydrogen) atoms. The van der Waals surface area contributed by atoms with Gasteiger partial charge in [0, 0.05) is 5.56 Å². The molecule has 2 heterocycles. The van der Waals surface area contributed by atoms with E-state index in [-0.39, 0.29) is 0 Å². The Morgan fingerprint density at radius 3 is 2.68 bits per heavy atom. The molecule has 6 nitrogen and oxygen atoms in total. The van der Waals surface area contributed by atoms with Crippen LogP contribution in [0.1, 0.15) is 5.56 Å². The van der Waals surface area contributed by atoms with Gasteiger partial charge in [0.2, 0.25) is 11.0 Å². The highest BCUT2D eigenvalue weighted by atomic mass is 32.1. The van der Waals surface area contributed by atoms with Gasteiger partial charge in [0.1, 0.15) is 12.9 Å². The fourth-order valence-corrected chi connectivity index (χ4v) is 1.99. The van der Waals surface area contributed by atoms with Crippen LogP contribution in [0.5, 0.6) is 5.19 Å². The van der Waals surface area contributed by atoms with Gasteiger partial charge in [-0.1, -0.05) is 17.2 Å². The van der Waals surface area contributed by atoms with Crippen molar-refractivity contribution in [1.82, 2.24) is 15.2 Å². The monoisotopic (exact) mass is 274 g/mol. The Balaban J connectivity index is 1.66. The smallest absolute Gasteiger partial charge is 0.296 e. The summed E-state index contributed by atoms with van der Waals surface area (Å²) in [4.78, 5) is 4.08. The summed E-state index contributed by atoms with van der Waals surface area (Å²) in [5.41, 5.74) is 7.41. The molecule has 0 bridgehead atoms. The molecular formula is C12H10N4O2S. The van der Waals surface area contributed by atoms with Gasteiger partial charge in [-0.3, -0.25) is 0 Å². The number of hydrogen-bond donors (Lipinski definition) is 1. The Bertz CT molecular complexity index is 649. The summed E-state index contributed by atoms with van der Waals surface area (Å²) in [6.45, 7) is 0.417. The van der Waals surface area contributed by atoms with Crippen molar-refractivity contribution in [2.75, 3.05) is 5.73 Å². The lowest BCUT2D eigenvalue weighted by atomic mass is 10.1. The molecule has 0 aliphatic rings. The van der Waals surface area contributed by atoms with E-state index in [1.54, 1.807) is 12.5 Å². The molecule has 0 fully saturated rings. The van der Waals surface area contributed by atoms with Gasteiger partial charge in [-0.05, 0) is 29.0 Å².